The molecule has 3 nitrogen and oxygen atoms in total. The van der Waals surface area contributed by atoms with Crippen LogP contribution in [0.5, 0.6) is 11.5 Å². The van der Waals surface area contributed by atoms with Crippen molar-refractivity contribution in [3.05, 3.63) is 35.6 Å². The molecule has 1 atom stereocenters. The number of aliphatic hydroxyl groups excluding tert-OH is 1. The highest BCUT2D eigenvalue weighted by atomic mass is 16.5. The van der Waals surface area contributed by atoms with E-state index in [2.05, 4.69) is 6.58 Å². The minimum atomic E-state index is 0.0554. The molecule has 15 heavy (non-hydrogen) atoms. The molecular weight excluding hydrogens is 192 g/mol. The van der Waals surface area contributed by atoms with Gasteiger partial charge in [-0.25, -0.2) is 0 Å². The second kappa shape index (κ2) is 3.50. The van der Waals surface area contributed by atoms with Crippen molar-refractivity contribution < 1.29 is 14.6 Å². The monoisotopic (exact) mass is 206 g/mol. The Morgan fingerprint density at radius 1 is 1.33 bits per heavy atom. The number of hydrogen-bond donors (Lipinski definition) is 1. The van der Waals surface area contributed by atoms with Crippen LogP contribution in [0.25, 0.3) is 0 Å². The summed E-state index contributed by atoms with van der Waals surface area (Å²) < 4.78 is 10.4. The molecule has 1 aromatic rings. The van der Waals surface area contributed by atoms with E-state index >= 15 is 0 Å². The van der Waals surface area contributed by atoms with Crippen LogP contribution in [0.3, 0.4) is 0 Å². The largest absolute Gasteiger partial charge is 0.512 e. The van der Waals surface area contributed by atoms with E-state index in [1.807, 2.05) is 12.1 Å². The molecule has 0 heterocycles. The van der Waals surface area contributed by atoms with Gasteiger partial charge in [-0.2, -0.15) is 0 Å². The van der Waals surface area contributed by atoms with Crippen molar-refractivity contribution in [1.82, 2.24) is 0 Å². The fourth-order valence-electron chi connectivity index (χ4n) is 1.93. The summed E-state index contributed by atoms with van der Waals surface area (Å²) in [7, 11) is 3.22. The van der Waals surface area contributed by atoms with E-state index in [0.29, 0.717) is 5.75 Å². The average Bonchev–Trinajstić information content (AvgIpc) is 2.19. The van der Waals surface area contributed by atoms with Crippen LogP contribution in [-0.4, -0.2) is 19.3 Å². The number of fused-ring (bicyclic) bond motifs is 1. The Labute approximate surface area is 88.9 Å². The Morgan fingerprint density at radius 2 is 1.93 bits per heavy atom. The molecule has 0 radical (unpaired) electrons. The van der Waals surface area contributed by atoms with Gasteiger partial charge in [-0.1, -0.05) is 6.58 Å². The molecule has 80 valence electrons. The lowest BCUT2D eigenvalue weighted by Crippen LogP contribution is -2.19. The first-order valence-electron chi connectivity index (χ1n) is 4.80. The second-order valence-electron chi connectivity index (χ2n) is 3.65. The highest BCUT2D eigenvalue weighted by molar-refractivity contribution is 5.54. The maximum atomic E-state index is 9.34. The molecule has 0 fully saturated rings. The summed E-state index contributed by atoms with van der Waals surface area (Å²) in [5.74, 6) is 1.70. The number of methoxy groups -OCH3 is 2. The zero-order valence-corrected chi connectivity index (χ0v) is 8.91. The van der Waals surface area contributed by atoms with Crippen molar-refractivity contribution in [3.63, 3.8) is 0 Å². The fourth-order valence-corrected chi connectivity index (χ4v) is 1.93. The molecule has 3 heteroatoms. The first-order chi connectivity index (χ1) is 7.17. The van der Waals surface area contributed by atoms with Crippen LogP contribution in [0, 0.1) is 0 Å². The van der Waals surface area contributed by atoms with Crippen LogP contribution in [0.4, 0.5) is 0 Å². The maximum Gasteiger partial charge on any atom is 0.161 e. The van der Waals surface area contributed by atoms with Crippen molar-refractivity contribution in [1.29, 1.82) is 0 Å². The molecule has 1 unspecified atom stereocenters. The molecule has 1 aliphatic carbocycles. The fraction of sp³-hybridized carbons (Fsp3) is 0.333. The van der Waals surface area contributed by atoms with Gasteiger partial charge in [0.2, 0.25) is 0 Å². The van der Waals surface area contributed by atoms with Crippen LogP contribution in [0.15, 0.2) is 24.5 Å². The average molecular weight is 206 g/mol. The smallest absolute Gasteiger partial charge is 0.161 e. The standard InChI is InChI=1S/C12H14O3/c1-7(13)9-4-8-5-11(14-2)12(15-3)6-10(8)9/h5-6,9,13H,1,4H2,2-3H3. The molecular formula is C12H14O3. The molecule has 1 aromatic carbocycles. The zero-order chi connectivity index (χ0) is 11.0. The number of allylic oxidation sites excluding steroid dienone is 1. The number of aliphatic hydroxyl groups is 1. The van der Waals surface area contributed by atoms with Crippen LogP contribution in [0.2, 0.25) is 0 Å². The minimum absolute atomic E-state index is 0.0554. The van der Waals surface area contributed by atoms with Gasteiger partial charge in [-0.3, -0.25) is 0 Å². The van der Waals surface area contributed by atoms with E-state index in [-0.39, 0.29) is 11.7 Å². The van der Waals surface area contributed by atoms with Gasteiger partial charge in [0.25, 0.3) is 0 Å². The van der Waals surface area contributed by atoms with Gasteiger partial charge < -0.3 is 14.6 Å². The van der Waals surface area contributed by atoms with E-state index in [4.69, 9.17) is 9.47 Å². The summed E-state index contributed by atoms with van der Waals surface area (Å²) >= 11 is 0. The van der Waals surface area contributed by atoms with E-state index < -0.39 is 0 Å². The summed E-state index contributed by atoms with van der Waals surface area (Å²) in [5.41, 5.74) is 2.27. The van der Waals surface area contributed by atoms with E-state index in [0.717, 1.165) is 17.7 Å². The molecule has 0 aliphatic heterocycles. The van der Waals surface area contributed by atoms with Gasteiger partial charge in [-0.05, 0) is 29.7 Å². The predicted octanol–water partition coefficient (Wildman–Crippen LogP) is 2.42. The van der Waals surface area contributed by atoms with Gasteiger partial charge in [0.15, 0.2) is 11.5 Å². The summed E-state index contributed by atoms with van der Waals surface area (Å²) in [4.78, 5) is 0. The summed E-state index contributed by atoms with van der Waals surface area (Å²) in [6.45, 7) is 3.56. The summed E-state index contributed by atoms with van der Waals surface area (Å²) in [5, 5.41) is 9.34. The van der Waals surface area contributed by atoms with Crippen molar-refractivity contribution in [3.8, 4) is 11.5 Å². The Bertz CT molecular complexity index is 410. The van der Waals surface area contributed by atoms with Crippen LogP contribution in [0.1, 0.15) is 17.0 Å². The third kappa shape index (κ3) is 1.44. The van der Waals surface area contributed by atoms with Gasteiger partial charge in [0.05, 0.1) is 20.0 Å². The third-order valence-corrected chi connectivity index (χ3v) is 2.85. The van der Waals surface area contributed by atoms with Crippen molar-refractivity contribution in [2.24, 2.45) is 0 Å². The molecule has 0 spiro atoms. The van der Waals surface area contributed by atoms with E-state index in [1.54, 1.807) is 14.2 Å². The lowest BCUT2D eigenvalue weighted by atomic mass is 9.76. The number of rotatable bonds is 3. The summed E-state index contributed by atoms with van der Waals surface area (Å²) in [6.07, 6.45) is 0.824. The molecule has 0 saturated carbocycles. The van der Waals surface area contributed by atoms with Crippen LogP contribution in [-0.2, 0) is 6.42 Å². The van der Waals surface area contributed by atoms with E-state index in [9.17, 15) is 5.11 Å². The van der Waals surface area contributed by atoms with Crippen LogP contribution >= 0.6 is 0 Å². The zero-order valence-electron chi connectivity index (χ0n) is 8.91. The quantitative estimate of drug-likeness (QED) is 0.772. The van der Waals surface area contributed by atoms with Gasteiger partial charge >= 0.3 is 0 Å². The molecule has 0 saturated heterocycles. The van der Waals surface area contributed by atoms with Crippen molar-refractivity contribution in [2.75, 3.05) is 14.2 Å². The predicted molar refractivity (Wildman–Crippen MR) is 57.8 cm³/mol. The Morgan fingerprint density at radius 3 is 2.47 bits per heavy atom. The Hall–Kier alpha value is -1.64. The van der Waals surface area contributed by atoms with Crippen molar-refractivity contribution in [2.45, 2.75) is 12.3 Å². The Balaban J connectivity index is 2.41. The minimum Gasteiger partial charge on any atom is -0.512 e. The number of hydrogen-bond acceptors (Lipinski definition) is 3. The molecule has 0 bridgehead atoms. The normalized spacial score (nSPS) is 17.6. The number of benzene rings is 1. The first-order valence-corrected chi connectivity index (χ1v) is 4.80. The summed E-state index contributed by atoms with van der Waals surface area (Å²) in [6, 6.07) is 3.86. The first kappa shape index (κ1) is 9.90. The molecule has 2 rings (SSSR count). The topological polar surface area (TPSA) is 38.7 Å². The lowest BCUT2D eigenvalue weighted by Gasteiger charge is -2.30. The highest BCUT2D eigenvalue weighted by Crippen LogP contribution is 2.44. The van der Waals surface area contributed by atoms with Crippen molar-refractivity contribution >= 4 is 0 Å². The number of ether oxygens (including phenoxy) is 2. The second-order valence-corrected chi connectivity index (χ2v) is 3.65. The molecule has 0 amide bonds. The third-order valence-electron chi connectivity index (χ3n) is 2.85. The SMILES string of the molecule is C=C(O)C1Cc2cc(OC)c(OC)cc21. The van der Waals surface area contributed by atoms with Crippen LogP contribution < -0.4 is 9.47 Å². The molecule has 1 N–H and O–H groups in total. The highest BCUT2D eigenvalue weighted by Gasteiger charge is 2.30. The molecule has 1 aliphatic rings. The van der Waals surface area contributed by atoms with E-state index in [1.165, 1.54) is 5.56 Å². The van der Waals surface area contributed by atoms with Gasteiger partial charge in [0.1, 0.15) is 0 Å². The van der Waals surface area contributed by atoms with Gasteiger partial charge in [-0.15, -0.1) is 0 Å². The lowest BCUT2D eigenvalue weighted by molar-refractivity contribution is 0.341. The Kier molecular flexibility index (Phi) is 2.31. The maximum absolute atomic E-state index is 9.34. The molecule has 0 aromatic heterocycles. The van der Waals surface area contributed by atoms with Gasteiger partial charge in [0, 0.05) is 5.92 Å².